The van der Waals surface area contributed by atoms with Crippen molar-refractivity contribution >= 4 is 39.1 Å². The third kappa shape index (κ3) is 2.17. The largest absolute Gasteiger partial charge is 0.283 e. The number of benzene rings is 1. The van der Waals surface area contributed by atoms with E-state index in [2.05, 4.69) is 26.1 Å². The van der Waals surface area contributed by atoms with Crippen molar-refractivity contribution in [2.75, 3.05) is 0 Å². The zero-order chi connectivity index (χ0) is 10.8. The van der Waals surface area contributed by atoms with Gasteiger partial charge in [-0.3, -0.25) is 4.57 Å². The topological polar surface area (TPSA) is 30.7 Å². The molecule has 1 heterocycles. The highest BCUT2D eigenvalue weighted by Gasteiger charge is 2.08. The third-order valence-corrected chi connectivity index (χ3v) is 2.94. The molecule has 2 aromatic rings. The summed E-state index contributed by atoms with van der Waals surface area (Å²) in [5.74, 6) is 0.965. The van der Waals surface area contributed by atoms with Gasteiger partial charge in [-0.25, -0.2) is 0 Å². The Hall–Kier alpha value is -0.580. The van der Waals surface area contributed by atoms with E-state index in [9.17, 15) is 0 Å². The molecule has 1 aromatic heterocycles. The number of aromatic nitrogens is 3. The molecule has 0 saturated carbocycles. The maximum Gasteiger partial charge on any atom is 0.152 e. The van der Waals surface area contributed by atoms with Crippen LogP contribution in [0.5, 0.6) is 0 Å². The summed E-state index contributed by atoms with van der Waals surface area (Å²) in [6, 6.07) is 5.60. The van der Waals surface area contributed by atoms with Gasteiger partial charge in [-0.1, -0.05) is 27.5 Å². The van der Waals surface area contributed by atoms with Crippen LogP contribution in [0.3, 0.4) is 0 Å². The van der Waals surface area contributed by atoms with Crippen LogP contribution in [0.15, 0.2) is 29.0 Å². The Morgan fingerprint density at radius 3 is 2.87 bits per heavy atom. The zero-order valence-corrected chi connectivity index (χ0v) is 10.6. The standard InChI is InChI=1S/C9H6BrCl2N3/c10-6-1-2-8(7(12)3-6)15-5-13-14-9(15)4-11/h1-3,5H,4H2. The first-order valence-electron chi connectivity index (χ1n) is 4.12. The summed E-state index contributed by atoms with van der Waals surface area (Å²) < 4.78 is 2.69. The van der Waals surface area contributed by atoms with E-state index in [1.165, 1.54) is 0 Å². The summed E-state index contributed by atoms with van der Waals surface area (Å²) in [7, 11) is 0. The van der Waals surface area contributed by atoms with Crippen molar-refractivity contribution in [2.24, 2.45) is 0 Å². The Morgan fingerprint density at radius 1 is 1.40 bits per heavy atom. The summed E-state index contributed by atoms with van der Waals surface area (Å²) in [6.07, 6.45) is 1.59. The Labute approximate surface area is 105 Å². The molecule has 15 heavy (non-hydrogen) atoms. The first kappa shape index (κ1) is 10.9. The molecule has 0 fully saturated rings. The van der Waals surface area contributed by atoms with E-state index in [4.69, 9.17) is 23.2 Å². The molecule has 0 aliphatic rings. The maximum atomic E-state index is 6.10. The monoisotopic (exact) mass is 305 g/mol. The first-order valence-corrected chi connectivity index (χ1v) is 5.83. The predicted octanol–water partition coefficient (Wildman–Crippen LogP) is 3.42. The van der Waals surface area contributed by atoms with E-state index >= 15 is 0 Å². The lowest BCUT2D eigenvalue weighted by Gasteiger charge is -2.06. The van der Waals surface area contributed by atoms with E-state index in [1.54, 1.807) is 10.9 Å². The highest BCUT2D eigenvalue weighted by Crippen LogP contribution is 2.25. The molecule has 0 amide bonds. The van der Waals surface area contributed by atoms with Crippen LogP contribution in [0.25, 0.3) is 5.69 Å². The highest BCUT2D eigenvalue weighted by molar-refractivity contribution is 9.10. The first-order chi connectivity index (χ1) is 7.22. The number of nitrogens with zero attached hydrogens (tertiary/aromatic N) is 3. The number of hydrogen-bond donors (Lipinski definition) is 0. The Balaban J connectivity index is 2.54. The average molecular weight is 307 g/mol. The van der Waals surface area contributed by atoms with Crippen LogP contribution < -0.4 is 0 Å². The molecule has 0 aliphatic carbocycles. The highest BCUT2D eigenvalue weighted by atomic mass is 79.9. The van der Waals surface area contributed by atoms with Crippen LogP contribution in [-0.4, -0.2) is 14.8 Å². The molecule has 0 unspecified atom stereocenters. The van der Waals surface area contributed by atoms with Crippen molar-refractivity contribution in [1.82, 2.24) is 14.8 Å². The van der Waals surface area contributed by atoms with Gasteiger partial charge >= 0.3 is 0 Å². The van der Waals surface area contributed by atoms with E-state index in [-0.39, 0.29) is 0 Å². The fourth-order valence-electron chi connectivity index (χ4n) is 1.23. The fourth-order valence-corrected chi connectivity index (χ4v) is 2.17. The summed E-state index contributed by atoms with van der Waals surface area (Å²) in [4.78, 5) is 0. The van der Waals surface area contributed by atoms with Gasteiger partial charge in [0.1, 0.15) is 6.33 Å². The van der Waals surface area contributed by atoms with E-state index < -0.39 is 0 Å². The Bertz CT molecular complexity index is 484. The van der Waals surface area contributed by atoms with E-state index in [0.29, 0.717) is 16.7 Å². The molecule has 0 radical (unpaired) electrons. The smallest absolute Gasteiger partial charge is 0.152 e. The van der Waals surface area contributed by atoms with Gasteiger partial charge in [0.2, 0.25) is 0 Å². The van der Waals surface area contributed by atoms with Gasteiger partial charge < -0.3 is 0 Å². The van der Waals surface area contributed by atoms with Crippen molar-refractivity contribution in [3.05, 3.63) is 39.8 Å². The molecule has 0 saturated heterocycles. The minimum Gasteiger partial charge on any atom is -0.283 e. The molecule has 6 heteroatoms. The number of alkyl halides is 1. The molecule has 0 aliphatic heterocycles. The number of halogens is 3. The van der Waals surface area contributed by atoms with Crippen LogP contribution >= 0.6 is 39.1 Å². The number of hydrogen-bond acceptors (Lipinski definition) is 2. The Morgan fingerprint density at radius 2 is 2.20 bits per heavy atom. The lowest BCUT2D eigenvalue weighted by Crippen LogP contribution is -1.98. The summed E-state index contributed by atoms with van der Waals surface area (Å²) in [5, 5.41) is 8.30. The zero-order valence-electron chi connectivity index (χ0n) is 7.49. The van der Waals surface area contributed by atoms with Gasteiger partial charge in [0.15, 0.2) is 5.82 Å². The number of rotatable bonds is 2. The molecule has 0 N–H and O–H groups in total. The normalized spacial score (nSPS) is 10.6. The van der Waals surface area contributed by atoms with Gasteiger partial charge in [-0.15, -0.1) is 21.8 Å². The van der Waals surface area contributed by atoms with Crippen molar-refractivity contribution in [2.45, 2.75) is 5.88 Å². The predicted molar refractivity (Wildman–Crippen MR) is 63.6 cm³/mol. The van der Waals surface area contributed by atoms with Gasteiger partial charge in [-0.05, 0) is 18.2 Å². The summed E-state index contributed by atoms with van der Waals surface area (Å²) in [6.45, 7) is 0. The molecule has 2 rings (SSSR count). The van der Waals surface area contributed by atoms with Crippen LogP contribution in [0.4, 0.5) is 0 Å². The molecule has 0 bridgehead atoms. The molecular formula is C9H6BrCl2N3. The second-order valence-corrected chi connectivity index (χ2v) is 4.44. The quantitative estimate of drug-likeness (QED) is 0.796. The van der Waals surface area contributed by atoms with Gasteiger partial charge in [0, 0.05) is 4.47 Å². The minimum atomic E-state index is 0.298. The second-order valence-electron chi connectivity index (χ2n) is 2.85. The molecule has 78 valence electrons. The second kappa shape index (κ2) is 4.51. The van der Waals surface area contributed by atoms with Crippen molar-refractivity contribution in [3.8, 4) is 5.69 Å². The lowest BCUT2D eigenvalue weighted by molar-refractivity contribution is 0.951. The van der Waals surface area contributed by atoms with E-state index in [0.717, 1.165) is 10.2 Å². The SMILES string of the molecule is ClCc1nncn1-c1ccc(Br)cc1Cl. The van der Waals surface area contributed by atoms with E-state index in [1.807, 2.05) is 18.2 Å². The fraction of sp³-hybridized carbons (Fsp3) is 0.111. The van der Waals surface area contributed by atoms with Crippen molar-refractivity contribution in [1.29, 1.82) is 0 Å². The maximum absolute atomic E-state index is 6.10. The summed E-state index contributed by atoms with van der Waals surface area (Å²) in [5.41, 5.74) is 0.820. The lowest BCUT2D eigenvalue weighted by atomic mass is 10.3. The minimum absolute atomic E-state index is 0.298. The molecule has 0 atom stereocenters. The van der Waals surface area contributed by atoms with Crippen molar-refractivity contribution < 1.29 is 0 Å². The van der Waals surface area contributed by atoms with Gasteiger partial charge in [0.25, 0.3) is 0 Å². The Kier molecular flexibility index (Phi) is 3.29. The third-order valence-electron chi connectivity index (χ3n) is 1.91. The molecular weight excluding hydrogens is 301 g/mol. The summed E-state index contributed by atoms with van der Waals surface area (Å²) >= 11 is 15.2. The van der Waals surface area contributed by atoms with Crippen molar-refractivity contribution in [3.63, 3.8) is 0 Å². The van der Waals surface area contributed by atoms with Crippen LogP contribution in [0.2, 0.25) is 5.02 Å². The van der Waals surface area contributed by atoms with Crippen LogP contribution in [0.1, 0.15) is 5.82 Å². The van der Waals surface area contributed by atoms with Gasteiger partial charge in [-0.2, -0.15) is 0 Å². The molecule has 0 spiro atoms. The van der Waals surface area contributed by atoms with Crippen LogP contribution in [-0.2, 0) is 5.88 Å². The van der Waals surface area contributed by atoms with Crippen LogP contribution in [0, 0.1) is 0 Å². The average Bonchev–Trinajstić information content (AvgIpc) is 2.65. The van der Waals surface area contributed by atoms with Gasteiger partial charge in [0.05, 0.1) is 16.6 Å². The molecule has 3 nitrogen and oxygen atoms in total. The molecule has 1 aromatic carbocycles.